The van der Waals surface area contributed by atoms with Crippen molar-refractivity contribution < 1.29 is 29.5 Å². The number of aliphatic carboxylic acids is 1. The predicted molar refractivity (Wildman–Crippen MR) is 70.2 cm³/mol. The molecule has 1 aromatic carbocycles. The van der Waals surface area contributed by atoms with E-state index in [9.17, 15) is 24.8 Å². The zero-order valence-corrected chi connectivity index (χ0v) is 11.3. The minimum Gasteiger partial charge on any atom is -0.490 e. The zero-order chi connectivity index (χ0) is 16.2. The number of amides is 1. The first-order valence-electron chi connectivity index (χ1n) is 5.82. The van der Waals surface area contributed by atoms with E-state index in [-0.39, 0.29) is 11.3 Å². The molecule has 0 heterocycles. The summed E-state index contributed by atoms with van der Waals surface area (Å²) in [4.78, 5) is 32.9. The Morgan fingerprint density at radius 1 is 1.43 bits per heavy atom. The fraction of sp³-hybridized carbons (Fsp3) is 0.333. The number of aliphatic hydroxyl groups is 1. The lowest BCUT2D eigenvalue weighted by molar-refractivity contribution is -0.385. The Hall–Kier alpha value is -2.68. The van der Waals surface area contributed by atoms with Crippen molar-refractivity contribution in [1.29, 1.82) is 0 Å². The maximum atomic E-state index is 11.9. The Morgan fingerprint density at radius 2 is 2.05 bits per heavy atom. The maximum Gasteiger partial charge on any atom is 0.328 e. The number of nitrogens with one attached hydrogen (secondary N) is 1. The highest BCUT2D eigenvalue weighted by atomic mass is 16.6. The molecule has 0 radical (unpaired) electrons. The summed E-state index contributed by atoms with van der Waals surface area (Å²) in [5, 5.41) is 31.1. The van der Waals surface area contributed by atoms with Crippen molar-refractivity contribution in [3.05, 3.63) is 33.9 Å². The average Bonchev–Trinajstić information content (AvgIpc) is 2.42. The molecule has 0 saturated carbocycles. The van der Waals surface area contributed by atoms with Crippen LogP contribution in [-0.2, 0) is 4.79 Å². The Kier molecular flexibility index (Phi) is 5.19. The van der Waals surface area contributed by atoms with Gasteiger partial charge < -0.3 is 20.3 Å². The molecule has 3 N–H and O–H groups in total. The van der Waals surface area contributed by atoms with Gasteiger partial charge in [-0.2, -0.15) is 0 Å². The van der Waals surface area contributed by atoms with E-state index in [1.54, 1.807) is 0 Å². The number of aliphatic hydroxyl groups excluding tert-OH is 1. The number of methoxy groups -OCH3 is 1. The normalized spacial score (nSPS) is 13.1. The summed E-state index contributed by atoms with van der Waals surface area (Å²) >= 11 is 0. The van der Waals surface area contributed by atoms with E-state index >= 15 is 0 Å². The number of benzene rings is 1. The van der Waals surface area contributed by atoms with Crippen LogP contribution < -0.4 is 10.1 Å². The van der Waals surface area contributed by atoms with E-state index in [0.29, 0.717) is 0 Å². The third-order valence-corrected chi connectivity index (χ3v) is 2.67. The quantitative estimate of drug-likeness (QED) is 0.502. The fourth-order valence-corrected chi connectivity index (χ4v) is 1.59. The highest BCUT2D eigenvalue weighted by Crippen LogP contribution is 2.27. The number of carbonyl (C=O) groups is 2. The lowest BCUT2D eigenvalue weighted by atomic mass is 10.1. The Balaban J connectivity index is 3.05. The molecule has 114 valence electrons. The lowest BCUT2D eigenvalue weighted by Crippen LogP contribution is -2.47. The summed E-state index contributed by atoms with van der Waals surface area (Å²) in [5.74, 6) is -2.29. The first-order chi connectivity index (χ1) is 9.77. The average molecular weight is 298 g/mol. The van der Waals surface area contributed by atoms with E-state index in [0.717, 1.165) is 6.07 Å². The van der Waals surface area contributed by atoms with Gasteiger partial charge in [0, 0.05) is 11.6 Å². The molecule has 2 atom stereocenters. The molecule has 0 spiro atoms. The molecule has 0 saturated heterocycles. The Morgan fingerprint density at radius 3 is 2.48 bits per heavy atom. The van der Waals surface area contributed by atoms with Crippen molar-refractivity contribution in [2.24, 2.45) is 0 Å². The first-order valence-corrected chi connectivity index (χ1v) is 5.82. The molecule has 1 amide bonds. The smallest absolute Gasteiger partial charge is 0.328 e. The van der Waals surface area contributed by atoms with Gasteiger partial charge in [0.1, 0.15) is 0 Å². The molecule has 0 aliphatic heterocycles. The van der Waals surface area contributed by atoms with Crippen LogP contribution in [0.25, 0.3) is 0 Å². The maximum absolute atomic E-state index is 11.9. The van der Waals surface area contributed by atoms with Crippen molar-refractivity contribution in [3.8, 4) is 5.75 Å². The van der Waals surface area contributed by atoms with Crippen molar-refractivity contribution in [1.82, 2.24) is 5.32 Å². The van der Waals surface area contributed by atoms with Crippen LogP contribution >= 0.6 is 0 Å². The van der Waals surface area contributed by atoms with Gasteiger partial charge in [0.05, 0.1) is 18.1 Å². The highest BCUT2D eigenvalue weighted by Gasteiger charge is 2.26. The number of rotatable bonds is 6. The minimum absolute atomic E-state index is 0.0261. The van der Waals surface area contributed by atoms with Crippen molar-refractivity contribution in [2.45, 2.75) is 19.1 Å². The van der Waals surface area contributed by atoms with Gasteiger partial charge in [-0.3, -0.25) is 14.9 Å². The van der Waals surface area contributed by atoms with Gasteiger partial charge in [-0.25, -0.2) is 4.79 Å². The number of carboxylic acid groups (broad SMARTS) is 1. The molecule has 0 fully saturated rings. The molecule has 0 bridgehead atoms. The van der Waals surface area contributed by atoms with Crippen LogP contribution in [0, 0.1) is 10.1 Å². The standard InChI is InChI=1S/C12H14N2O7/c1-6(15)10(12(17)18)13-11(16)7-3-4-9(21-2)8(5-7)14(19)20/h3-6,10,15H,1-2H3,(H,13,16)(H,17,18)/t6-,10+/m1/s1. The molecule has 0 unspecified atom stereocenters. The van der Waals surface area contributed by atoms with Crippen LogP contribution in [0.4, 0.5) is 5.69 Å². The molecule has 9 nitrogen and oxygen atoms in total. The molecule has 9 heteroatoms. The summed E-state index contributed by atoms with van der Waals surface area (Å²) < 4.78 is 4.79. The molecular formula is C12H14N2O7. The summed E-state index contributed by atoms with van der Waals surface area (Å²) in [6.07, 6.45) is -1.32. The number of carboxylic acids is 1. The molecule has 0 aromatic heterocycles. The van der Waals surface area contributed by atoms with E-state index < -0.39 is 34.6 Å². The summed E-state index contributed by atoms with van der Waals surface area (Å²) in [5.41, 5.74) is -0.538. The lowest BCUT2D eigenvalue weighted by Gasteiger charge is -2.17. The van der Waals surface area contributed by atoms with Gasteiger partial charge in [0.15, 0.2) is 11.8 Å². The van der Waals surface area contributed by atoms with Gasteiger partial charge in [-0.1, -0.05) is 0 Å². The molecule has 1 rings (SSSR count). The molecule has 1 aromatic rings. The predicted octanol–water partition coefficient (Wildman–Crippen LogP) is 0.167. The van der Waals surface area contributed by atoms with Crippen LogP contribution in [0.3, 0.4) is 0 Å². The van der Waals surface area contributed by atoms with Crippen molar-refractivity contribution in [3.63, 3.8) is 0 Å². The van der Waals surface area contributed by atoms with Crippen LogP contribution in [0.5, 0.6) is 5.75 Å². The third-order valence-electron chi connectivity index (χ3n) is 2.67. The second-order valence-corrected chi connectivity index (χ2v) is 4.17. The Labute approximate surface area is 119 Å². The van der Waals surface area contributed by atoms with E-state index in [1.165, 1.54) is 26.2 Å². The summed E-state index contributed by atoms with van der Waals surface area (Å²) in [6.45, 7) is 1.20. The topological polar surface area (TPSA) is 139 Å². The van der Waals surface area contributed by atoms with E-state index in [2.05, 4.69) is 5.32 Å². The minimum atomic E-state index is -1.52. The second kappa shape index (κ2) is 6.66. The second-order valence-electron chi connectivity index (χ2n) is 4.17. The summed E-state index contributed by atoms with van der Waals surface area (Å²) in [7, 11) is 1.25. The number of carbonyl (C=O) groups excluding carboxylic acids is 1. The number of nitrogens with zero attached hydrogens (tertiary/aromatic N) is 1. The fourth-order valence-electron chi connectivity index (χ4n) is 1.59. The molecule has 21 heavy (non-hydrogen) atoms. The van der Waals surface area contributed by atoms with Gasteiger partial charge in [0.25, 0.3) is 5.91 Å². The largest absolute Gasteiger partial charge is 0.490 e. The third kappa shape index (κ3) is 3.89. The molecule has 0 aliphatic rings. The number of ether oxygens (including phenoxy) is 1. The summed E-state index contributed by atoms with van der Waals surface area (Å²) in [6, 6.07) is 1.93. The monoisotopic (exact) mass is 298 g/mol. The number of nitro groups is 1. The van der Waals surface area contributed by atoms with Crippen LogP contribution in [-0.4, -0.2) is 46.3 Å². The van der Waals surface area contributed by atoms with Gasteiger partial charge in [-0.05, 0) is 19.1 Å². The molecule has 0 aliphatic carbocycles. The van der Waals surface area contributed by atoms with Crippen LogP contribution in [0.2, 0.25) is 0 Å². The van der Waals surface area contributed by atoms with Gasteiger partial charge in [0.2, 0.25) is 0 Å². The molecular weight excluding hydrogens is 284 g/mol. The van der Waals surface area contributed by atoms with E-state index in [4.69, 9.17) is 9.84 Å². The number of hydrogen-bond acceptors (Lipinski definition) is 6. The number of nitro benzene ring substituents is 1. The zero-order valence-electron chi connectivity index (χ0n) is 11.3. The number of hydrogen-bond donors (Lipinski definition) is 3. The van der Waals surface area contributed by atoms with Gasteiger partial charge >= 0.3 is 11.7 Å². The SMILES string of the molecule is COc1ccc(C(=O)N[C@H](C(=O)O)[C@@H](C)O)cc1[N+](=O)[O-]. The highest BCUT2D eigenvalue weighted by molar-refractivity contribution is 5.97. The van der Waals surface area contributed by atoms with Crippen molar-refractivity contribution in [2.75, 3.05) is 7.11 Å². The Bertz CT molecular complexity index is 571. The van der Waals surface area contributed by atoms with Crippen LogP contribution in [0.1, 0.15) is 17.3 Å². The van der Waals surface area contributed by atoms with E-state index in [1.807, 2.05) is 0 Å². The van der Waals surface area contributed by atoms with Crippen molar-refractivity contribution >= 4 is 17.6 Å². The first kappa shape index (κ1) is 16.4. The van der Waals surface area contributed by atoms with Crippen LogP contribution in [0.15, 0.2) is 18.2 Å². The van der Waals surface area contributed by atoms with Gasteiger partial charge in [-0.15, -0.1) is 0 Å².